The number of furan rings is 1. The number of hydrazone groups is 1. The van der Waals surface area contributed by atoms with Crippen molar-refractivity contribution in [3.05, 3.63) is 60.3 Å². The van der Waals surface area contributed by atoms with Gasteiger partial charge < -0.3 is 9.15 Å². The van der Waals surface area contributed by atoms with Gasteiger partial charge in [0.2, 0.25) is 0 Å². The van der Waals surface area contributed by atoms with Crippen molar-refractivity contribution >= 4 is 34.4 Å². The van der Waals surface area contributed by atoms with Crippen LogP contribution in [0.3, 0.4) is 0 Å². The summed E-state index contributed by atoms with van der Waals surface area (Å²) < 4.78 is 10.2. The highest BCUT2D eigenvalue weighted by molar-refractivity contribution is 6.33. The first kappa shape index (κ1) is 15.2. The summed E-state index contributed by atoms with van der Waals surface area (Å²) in [6.45, 7) is 0.225. The van der Waals surface area contributed by atoms with E-state index >= 15 is 0 Å². The summed E-state index contributed by atoms with van der Waals surface area (Å²) in [5.74, 6) is -0.241. The van der Waals surface area contributed by atoms with Crippen molar-refractivity contribution in [2.24, 2.45) is 5.10 Å². The Kier molecular flexibility index (Phi) is 3.83. The largest absolute Gasteiger partial charge is 0.470 e. The SMILES string of the molecule is COCC1=NN(c2ccoc2)C(=O)/C1=C\c1cccc2nccnc12. The number of benzene rings is 1. The Morgan fingerprint density at radius 1 is 1.24 bits per heavy atom. The topological polar surface area (TPSA) is 80.8 Å². The van der Waals surface area contributed by atoms with E-state index in [9.17, 15) is 4.79 Å². The monoisotopic (exact) mass is 334 g/mol. The maximum absolute atomic E-state index is 12.8. The molecular formula is C18H14N4O3. The van der Waals surface area contributed by atoms with Gasteiger partial charge in [0.15, 0.2) is 0 Å². The fourth-order valence-electron chi connectivity index (χ4n) is 2.69. The van der Waals surface area contributed by atoms with Crippen molar-refractivity contribution in [1.82, 2.24) is 9.97 Å². The highest BCUT2D eigenvalue weighted by Crippen LogP contribution is 2.26. The normalized spacial score (nSPS) is 16.0. The van der Waals surface area contributed by atoms with Crippen molar-refractivity contribution in [3.8, 4) is 0 Å². The number of rotatable bonds is 4. The van der Waals surface area contributed by atoms with E-state index in [2.05, 4.69) is 15.1 Å². The number of carbonyl (C=O) groups excluding carboxylic acids is 1. The van der Waals surface area contributed by atoms with Gasteiger partial charge in [-0.3, -0.25) is 14.8 Å². The average molecular weight is 334 g/mol. The van der Waals surface area contributed by atoms with Gasteiger partial charge in [-0.25, -0.2) is 0 Å². The van der Waals surface area contributed by atoms with Crippen LogP contribution in [-0.2, 0) is 9.53 Å². The van der Waals surface area contributed by atoms with Gasteiger partial charge in [-0.15, -0.1) is 0 Å². The number of hydrogen-bond donors (Lipinski definition) is 0. The van der Waals surface area contributed by atoms with Gasteiger partial charge in [0.05, 0.1) is 35.2 Å². The molecule has 0 radical (unpaired) electrons. The third-order valence-corrected chi connectivity index (χ3v) is 3.82. The molecule has 0 saturated heterocycles. The molecule has 1 aliphatic rings. The lowest BCUT2D eigenvalue weighted by Gasteiger charge is -2.07. The zero-order valence-corrected chi connectivity index (χ0v) is 13.4. The van der Waals surface area contributed by atoms with Crippen molar-refractivity contribution in [2.45, 2.75) is 0 Å². The second-order valence-electron chi connectivity index (χ2n) is 5.41. The summed E-state index contributed by atoms with van der Waals surface area (Å²) in [6.07, 6.45) is 8.01. The van der Waals surface area contributed by atoms with Crippen LogP contribution in [0.25, 0.3) is 17.1 Å². The second-order valence-corrected chi connectivity index (χ2v) is 5.41. The maximum Gasteiger partial charge on any atom is 0.280 e. The molecule has 25 heavy (non-hydrogen) atoms. The Bertz CT molecular complexity index is 987. The molecule has 7 heteroatoms. The van der Waals surface area contributed by atoms with E-state index in [1.54, 1.807) is 31.6 Å². The zero-order valence-electron chi connectivity index (χ0n) is 13.4. The van der Waals surface area contributed by atoms with E-state index in [0.29, 0.717) is 17.0 Å². The Hall–Kier alpha value is -3.32. The number of amides is 1. The highest BCUT2D eigenvalue weighted by atomic mass is 16.5. The number of aromatic nitrogens is 2. The Labute approximate surface area is 143 Å². The molecule has 1 aromatic carbocycles. The molecule has 0 bridgehead atoms. The molecule has 7 nitrogen and oxygen atoms in total. The first-order valence-corrected chi connectivity index (χ1v) is 7.63. The predicted octanol–water partition coefficient (Wildman–Crippen LogP) is 2.66. The van der Waals surface area contributed by atoms with Crippen LogP contribution in [0.1, 0.15) is 5.56 Å². The van der Waals surface area contributed by atoms with Gasteiger partial charge in [-0.05, 0) is 12.1 Å². The van der Waals surface area contributed by atoms with Gasteiger partial charge in [-0.2, -0.15) is 10.1 Å². The van der Waals surface area contributed by atoms with E-state index in [0.717, 1.165) is 16.6 Å². The molecule has 0 atom stereocenters. The molecule has 3 heterocycles. The number of nitrogens with zero attached hydrogens (tertiary/aromatic N) is 4. The fraction of sp³-hybridized carbons (Fsp3) is 0.111. The molecule has 1 aliphatic heterocycles. The second kappa shape index (κ2) is 6.29. The molecule has 2 aromatic heterocycles. The third kappa shape index (κ3) is 2.70. The maximum atomic E-state index is 12.8. The molecule has 0 aliphatic carbocycles. The van der Waals surface area contributed by atoms with Crippen LogP contribution >= 0.6 is 0 Å². The number of fused-ring (bicyclic) bond motifs is 1. The number of hydrogen-bond acceptors (Lipinski definition) is 6. The lowest BCUT2D eigenvalue weighted by molar-refractivity contribution is -0.114. The van der Waals surface area contributed by atoms with E-state index < -0.39 is 0 Å². The zero-order chi connectivity index (χ0) is 17.2. The van der Waals surface area contributed by atoms with Gasteiger partial charge in [0.1, 0.15) is 12.0 Å². The summed E-state index contributed by atoms with van der Waals surface area (Å²) in [5.41, 5.74) is 3.87. The van der Waals surface area contributed by atoms with Crippen LogP contribution in [0.15, 0.2) is 64.3 Å². The Balaban J connectivity index is 1.81. The van der Waals surface area contributed by atoms with Gasteiger partial charge in [0.25, 0.3) is 5.91 Å². The van der Waals surface area contributed by atoms with E-state index in [1.165, 1.54) is 17.5 Å². The van der Waals surface area contributed by atoms with Crippen LogP contribution in [0.4, 0.5) is 5.69 Å². The van der Waals surface area contributed by atoms with Crippen LogP contribution in [0, 0.1) is 0 Å². The van der Waals surface area contributed by atoms with Crippen molar-refractivity contribution in [2.75, 3.05) is 18.7 Å². The van der Waals surface area contributed by atoms with Crippen molar-refractivity contribution in [1.29, 1.82) is 0 Å². The van der Waals surface area contributed by atoms with Gasteiger partial charge in [-0.1, -0.05) is 12.1 Å². The standard InChI is InChI=1S/C18H14N4O3/c1-24-11-16-14(18(23)22(21-16)13-5-8-25-10-13)9-12-3-2-4-15-17(12)20-7-6-19-15/h2-10H,11H2,1H3/b14-9-. The van der Waals surface area contributed by atoms with Crippen LogP contribution in [0.5, 0.6) is 0 Å². The summed E-state index contributed by atoms with van der Waals surface area (Å²) in [4.78, 5) is 21.5. The minimum absolute atomic E-state index is 0.225. The number of methoxy groups -OCH3 is 1. The van der Waals surface area contributed by atoms with E-state index in [4.69, 9.17) is 9.15 Å². The quantitative estimate of drug-likeness (QED) is 0.685. The molecule has 0 fully saturated rings. The molecule has 0 saturated carbocycles. The summed E-state index contributed by atoms with van der Waals surface area (Å²) >= 11 is 0. The Morgan fingerprint density at radius 2 is 2.12 bits per heavy atom. The molecular weight excluding hydrogens is 320 g/mol. The minimum Gasteiger partial charge on any atom is -0.470 e. The molecule has 0 unspecified atom stereocenters. The van der Waals surface area contributed by atoms with Crippen molar-refractivity contribution in [3.63, 3.8) is 0 Å². The third-order valence-electron chi connectivity index (χ3n) is 3.82. The van der Waals surface area contributed by atoms with Crippen LogP contribution in [0.2, 0.25) is 0 Å². The summed E-state index contributed by atoms with van der Waals surface area (Å²) in [7, 11) is 1.56. The van der Waals surface area contributed by atoms with Crippen LogP contribution in [-0.4, -0.2) is 35.3 Å². The van der Waals surface area contributed by atoms with Crippen molar-refractivity contribution < 1.29 is 13.9 Å². The fourth-order valence-corrected chi connectivity index (χ4v) is 2.69. The number of anilines is 1. The number of ether oxygens (including phenoxy) is 1. The van der Waals surface area contributed by atoms with Crippen LogP contribution < -0.4 is 5.01 Å². The van der Waals surface area contributed by atoms with Gasteiger partial charge in [0, 0.05) is 31.1 Å². The average Bonchev–Trinajstić information content (AvgIpc) is 3.26. The van der Waals surface area contributed by atoms with E-state index in [1.807, 2.05) is 18.2 Å². The molecule has 1 amide bonds. The summed E-state index contributed by atoms with van der Waals surface area (Å²) in [6, 6.07) is 7.33. The Morgan fingerprint density at radius 3 is 2.92 bits per heavy atom. The summed E-state index contributed by atoms with van der Waals surface area (Å²) in [5, 5.41) is 5.68. The molecule has 0 spiro atoms. The number of para-hydroxylation sites is 1. The molecule has 124 valence electrons. The molecule has 3 aromatic rings. The predicted molar refractivity (Wildman–Crippen MR) is 93.0 cm³/mol. The molecule has 4 rings (SSSR count). The smallest absolute Gasteiger partial charge is 0.280 e. The lowest BCUT2D eigenvalue weighted by atomic mass is 10.1. The first-order chi connectivity index (χ1) is 12.3. The lowest BCUT2D eigenvalue weighted by Crippen LogP contribution is -2.21. The van der Waals surface area contributed by atoms with Gasteiger partial charge >= 0.3 is 0 Å². The first-order valence-electron chi connectivity index (χ1n) is 7.63. The minimum atomic E-state index is -0.241. The van der Waals surface area contributed by atoms with E-state index in [-0.39, 0.29) is 12.5 Å². The highest BCUT2D eigenvalue weighted by Gasteiger charge is 2.31. The number of carbonyl (C=O) groups is 1. The molecule has 0 N–H and O–H groups in total.